The van der Waals surface area contributed by atoms with Gasteiger partial charge in [0.15, 0.2) is 5.78 Å². The second kappa shape index (κ2) is 7.00. The third kappa shape index (κ3) is 3.89. The van der Waals surface area contributed by atoms with Crippen LogP contribution < -0.4 is 0 Å². The first kappa shape index (κ1) is 15.3. The number of halogens is 2. The topological polar surface area (TPSA) is 26.3 Å². The van der Waals surface area contributed by atoms with Crippen molar-refractivity contribution < 1.29 is 13.9 Å². The van der Waals surface area contributed by atoms with E-state index in [2.05, 4.69) is 15.9 Å². The predicted octanol–water partition coefficient (Wildman–Crippen LogP) is 3.76. The zero-order valence-corrected chi connectivity index (χ0v) is 12.5. The van der Waals surface area contributed by atoms with Gasteiger partial charge in [0.2, 0.25) is 0 Å². The SMILES string of the molecule is CCOC(C(=O)Cc1cccc(F)c1Br)C(C)C. The quantitative estimate of drug-likeness (QED) is 0.798. The molecule has 0 aromatic heterocycles. The monoisotopic (exact) mass is 316 g/mol. The van der Waals surface area contributed by atoms with Gasteiger partial charge in [-0.05, 0) is 40.4 Å². The molecule has 0 aliphatic heterocycles. The highest BCUT2D eigenvalue weighted by molar-refractivity contribution is 9.10. The first-order valence-corrected chi connectivity index (χ1v) is 6.83. The lowest BCUT2D eigenvalue weighted by molar-refractivity contribution is -0.132. The molecule has 1 atom stereocenters. The van der Waals surface area contributed by atoms with Crippen molar-refractivity contribution in [2.75, 3.05) is 6.61 Å². The zero-order chi connectivity index (χ0) is 13.7. The Hall–Kier alpha value is -0.740. The van der Waals surface area contributed by atoms with Gasteiger partial charge in [0.05, 0.1) is 4.47 Å². The van der Waals surface area contributed by atoms with E-state index in [-0.39, 0.29) is 23.9 Å². The molecule has 1 unspecified atom stereocenters. The fourth-order valence-electron chi connectivity index (χ4n) is 1.81. The minimum atomic E-state index is -0.426. The van der Waals surface area contributed by atoms with Gasteiger partial charge in [-0.25, -0.2) is 4.39 Å². The molecule has 1 aromatic carbocycles. The molecular formula is C14H18BrFO2. The van der Waals surface area contributed by atoms with Crippen LogP contribution in [0.25, 0.3) is 0 Å². The van der Waals surface area contributed by atoms with E-state index in [1.54, 1.807) is 12.1 Å². The Morgan fingerprint density at radius 2 is 2.11 bits per heavy atom. The average molecular weight is 317 g/mol. The van der Waals surface area contributed by atoms with E-state index >= 15 is 0 Å². The second-order valence-electron chi connectivity index (χ2n) is 4.48. The molecule has 0 amide bonds. The number of hydrogen-bond acceptors (Lipinski definition) is 2. The molecule has 0 radical (unpaired) electrons. The van der Waals surface area contributed by atoms with Gasteiger partial charge in [0.25, 0.3) is 0 Å². The summed E-state index contributed by atoms with van der Waals surface area (Å²) in [4.78, 5) is 12.1. The van der Waals surface area contributed by atoms with Crippen LogP contribution in [-0.4, -0.2) is 18.5 Å². The van der Waals surface area contributed by atoms with Crippen LogP contribution in [0.5, 0.6) is 0 Å². The first-order valence-electron chi connectivity index (χ1n) is 6.04. The Morgan fingerprint density at radius 3 is 2.67 bits per heavy atom. The van der Waals surface area contributed by atoms with Crippen LogP contribution in [0.2, 0.25) is 0 Å². The number of ketones is 1. The predicted molar refractivity (Wildman–Crippen MR) is 73.1 cm³/mol. The maximum atomic E-state index is 13.3. The fraction of sp³-hybridized carbons (Fsp3) is 0.500. The normalized spacial score (nSPS) is 12.8. The Morgan fingerprint density at radius 1 is 1.44 bits per heavy atom. The van der Waals surface area contributed by atoms with Crippen LogP contribution >= 0.6 is 15.9 Å². The maximum Gasteiger partial charge on any atom is 0.166 e. The molecule has 0 saturated heterocycles. The van der Waals surface area contributed by atoms with Gasteiger partial charge >= 0.3 is 0 Å². The van der Waals surface area contributed by atoms with Crippen molar-refractivity contribution in [2.45, 2.75) is 33.3 Å². The van der Waals surface area contributed by atoms with Crippen molar-refractivity contribution in [3.05, 3.63) is 34.1 Å². The van der Waals surface area contributed by atoms with Gasteiger partial charge in [0, 0.05) is 13.0 Å². The lowest BCUT2D eigenvalue weighted by Gasteiger charge is -2.19. The molecular weight excluding hydrogens is 299 g/mol. The summed E-state index contributed by atoms with van der Waals surface area (Å²) in [6, 6.07) is 4.71. The highest BCUT2D eigenvalue weighted by atomic mass is 79.9. The minimum absolute atomic E-state index is 0.0156. The number of carbonyl (C=O) groups excluding carboxylic acids is 1. The number of rotatable bonds is 6. The molecule has 1 aromatic rings. The van der Waals surface area contributed by atoms with E-state index in [9.17, 15) is 9.18 Å². The fourth-order valence-corrected chi connectivity index (χ4v) is 2.21. The number of hydrogen-bond donors (Lipinski definition) is 0. The summed E-state index contributed by atoms with van der Waals surface area (Å²) in [5.74, 6) is -0.249. The largest absolute Gasteiger partial charge is 0.370 e. The molecule has 0 aliphatic rings. The van der Waals surface area contributed by atoms with Gasteiger partial charge in [0.1, 0.15) is 11.9 Å². The van der Waals surface area contributed by atoms with E-state index < -0.39 is 6.10 Å². The maximum absolute atomic E-state index is 13.3. The summed E-state index contributed by atoms with van der Waals surface area (Å²) >= 11 is 3.17. The molecule has 4 heteroatoms. The molecule has 1 rings (SSSR count). The van der Waals surface area contributed by atoms with Crippen molar-refractivity contribution in [3.63, 3.8) is 0 Å². The number of benzene rings is 1. The van der Waals surface area contributed by atoms with E-state index in [0.29, 0.717) is 16.6 Å². The standard InChI is InChI=1S/C14H18BrFO2/c1-4-18-14(9(2)3)12(17)8-10-6-5-7-11(16)13(10)15/h5-7,9,14H,4,8H2,1-3H3. The van der Waals surface area contributed by atoms with Gasteiger partial charge in [-0.2, -0.15) is 0 Å². The molecule has 18 heavy (non-hydrogen) atoms. The number of carbonyl (C=O) groups is 1. The summed E-state index contributed by atoms with van der Waals surface area (Å²) in [5.41, 5.74) is 0.658. The Labute approximate surface area is 116 Å². The van der Waals surface area contributed by atoms with Crippen LogP contribution in [0, 0.1) is 11.7 Å². The average Bonchev–Trinajstić information content (AvgIpc) is 2.31. The summed E-state index contributed by atoms with van der Waals surface area (Å²) in [6.07, 6.45) is -0.244. The molecule has 0 N–H and O–H groups in total. The third-order valence-electron chi connectivity index (χ3n) is 2.67. The second-order valence-corrected chi connectivity index (χ2v) is 5.27. The number of Topliss-reactive ketones (excluding diaryl/α,β-unsaturated/α-hetero) is 1. The van der Waals surface area contributed by atoms with Gasteiger partial charge in [-0.1, -0.05) is 26.0 Å². The summed E-state index contributed by atoms with van der Waals surface area (Å²) in [7, 11) is 0. The van der Waals surface area contributed by atoms with E-state index in [0.717, 1.165) is 0 Å². The van der Waals surface area contributed by atoms with Crippen molar-refractivity contribution in [1.29, 1.82) is 0 Å². The van der Waals surface area contributed by atoms with Gasteiger partial charge in [-0.3, -0.25) is 4.79 Å². The Kier molecular flexibility index (Phi) is 5.96. The van der Waals surface area contributed by atoms with Crippen LogP contribution in [-0.2, 0) is 16.0 Å². The van der Waals surface area contributed by atoms with E-state index in [1.165, 1.54) is 6.07 Å². The van der Waals surface area contributed by atoms with Gasteiger partial charge < -0.3 is 4.74 Å². The first-order chi connectivity index (χ1) is 8.47. The van der Waals surface area contributed by atoms with E-state index in [4.69, 9.17) is 4.74 Å². The van der Waals surface area contributed by atoms with Crippen molar-refractivity contribution in [1.82, 2.24) is 0 Å². The molecule has 0 spiro atoms. The van der Waals surface area contributed by atoms with Crippen molar-refractivity contribution >= 4 is 21.7 Å². The molecule has 0 heterocycles. The third-order valence-corrected chi connectivity index (χ3v) is 3.55. The van der Waals surface area contributed by atoms with Crippen molar-refractivity contribution in [2.24, 2.45) is 5.92 Å². The van der Waals surface area contributed by atoms with Gasteiger partial charge in [-0.15, -0.1) is 0 Å². The molecule has 0 fully saturated rings. The van der Waals surface area contributed by atoms with E-state index in [1.807, 2.05) is 20.8 Å². The summed E-state index contributed by atoms with van der Waals surface area (Å²) < 4.78 is 19.2. The lowest BCUT2D eigenvalue weighted by Crippen LogP contribution is -2.31. The molecule has 100 valence electrons. The van der Waals surface area contributed by atoms with Crippen LogP contribution in [0.3, 0.4) is 0 Å². The molecule has 2 nitrogen and oxygen atoms in total. The van der Waals surface area contributed by atoms with Crippen LogP contribution in [0.4, 0.5) is 4.39 Å². The minimum Gasteiger partial charge on any atom is -0.370 e. The smallest absolute Gasteiger partial charge is 0.166 e. The Bertz CT molecular complexity index is 418. The number of ether oxygens (including phenoxy) is 1. The molecule has 0 saturated carbocycles. The van der Waals surface area contributed by atoms with Crippen LogP contribution in [0.15, 0.2) is 22.7 Å². The Balaban J connectivity index is 2.82. The highest BCUT2D eigenvalue weighted by Gasteiger charge is 2.23. The van der Waals surface area contributed by atoms with Crippen molar-refractivity contribution in [3.8, 4) is 0 Å². The molecule has 0 aliphatic carbocycles. The zero-order valence-electron chi connectivity index (χ0n) is 10.9. The highest BCUT2D eigenvalue weighted by Crippen LogP contribution is 2.22. The van der Waals surface area contributed by atoms with Crippen LogP contribution in [0.1, 0.15) is 26.3 Å². The summed E-state index contributed by atoms with van der Waals surface area (Å²) in [6.45, 7) is 6.25. The summed E-state index contributed by atoms with van der Waals surface area (Å²) in [5, 5.41) is 0. The lowest BCUT2D eigenvalue weighted by atomic mass is 9.97. The molecule has 0 bridgehead atoms.